The Labute approximate surface area is 155 Å². The van der Waals surface area contributed by atoms with Gasteiger partial charge in [0.15, 0.2) is 0 Å². The van der Waals surface area contributed by atoms with Gasteiger partial charge in [-0.15, -0.1) is 0 Å². The number of amides is 1. The van der Waals surface area contributed by atoms with E-state index < -0.39 is 0 Å². The molecule has 4 rings (SSSR count). The van der Waals surface area contributed by atoms with Crippen molar-refractivity contribution in [2.24, 2.45) is 0 Å². The minimum absolute atomic E-state index is 0.221. The van der Waals surface area contributed by atoms with Crippen LogP contribution in [0.1, 0.15) is 31.2 Å². The predicted molar refractivity (Wildman–Crippen MR) is 102 cm³/mol. The maximum Gasteiger partial charge on any atom is 0.227 e. The van der Waals surface area contributed by atoms with Gasteiger partial charge in [-0.1, -0.05) is 42.5 Å². The number of benzene rings is 2. The van der Waals surface area contributed by atoms with E-state index >= 15 is 0 Å². The quantitative estimate of drug-likeness (QED) is 0.825. The molecule has 2 aromatic carbocycles. The van der Waals surface area contributed by atoms with Gasteiger partial charge in [0.1, 0.15) is 0 Å². The summed E-state index contributed by atoms with van der Waals surface area (Å²) in [7, 11) is 0. The molecule has 0 saturated carbocycles. The normalized spacial score (nSPS) is 21.4. The molecule has 1 unspecified atom stereocenters. The number of likely N-dealkylation sites (tertiary alicyclic amines) is 1. The second kappa shape index (κ2) is 8.19. The molecular weight excluding hydrogens is 326 g/mol. The van der Waals surface area contributed by atoms with Crippen LogP contribution in [0.15, 0.2) is 42.5 Å². The van der Waals surface area contributed by atoms with E-state index in [0.29, 0.717) is 13.0 Å². The Balaban J connectivity index is 1.29. The van der Waals surface area contributed by atoms with E-state index in [1.165, 1.54) is 10.8 Å². The van der Waals surface area contributed by atoms with Crippen LogP contribution in [0, 0.1) is 0 Å². The third-order valence-corrected chi connectivity index (χ3v) is 5.56. The first-order valence-corrected chi connectivity index (χ1v) is 9.77. The highest BCUT2D eigenvalue weighted by molar-refractivity contribution is 5.90. The zero-order chi connectivity index (χ0) is 17.8. The van der Waals surface area contributed by atoms with Crippen LogP contribution in [-0.2, 0) is 20.7 Å². The Hall–Kier alpha value is -1.91. The first kappa shape index (κ1) is 17.5. The van der Waals surface area contributed by atoms with Crippen molar-refractivity contribution < 1.29 is 14.3 Å². The highest BCUT2D eigenvalue weighted by atomic mass is 16.5. The highest BCUT2D eigenvalue weighted by Crippen LogP contribution is 2.21. The molecule has 2 aromatic rings. The van der Waals surface area contributed by atoms with Crippen LogP contribution in [0.25, 0.3) is 10.8 Å². The van der Waals surface area contributed by atoms with Gasteiger partial charge in [0.25, 0.3) is 0 Å². The molecule has 1 atom stereocenters. The lowest BCUT2D eigenvalue weighted by molar-refractivity contribution is -0.133. The summed E-state index contributed by atoms with van der Waals surface area (Å²) in [5.74, 6) is 0.221. The molecule has 26 heavy (non-hydrogen) atoms. The van der Waals surface area contributed by atoms with Gasteiger partial charge in [-0.25, -0.2) is 0 Å². The standard InChI is InChI=1S/C22H27NO3/c24-22(15-18-7-3-6-17-5-1-2-9-21(17)18)23-12-10-19(11-13-23)26-16-20-8-4-14-25-20/h1-3,5-7,9,19-20H,4,8,10-16H2. The summed E-state index contributed by atoms with van der Waals surface area (Å²) in [6, 6.07) is 14.5. The zero-order valence-electron chi connectivity index (χ0n) is 15.2. The average Bonchev–Trinajstić information content (AvgIpc) is 3.21. The molecule has 2 aliphatic rings. The first-order chi connectivity index (χ1) is 12.8. The Morgan fingerprint density at radius 3 is 2.69 bits per heavy atom. The molecule has 1 amide bonds. The highest BCUT2D eigenvalue weighted by Gasteiger charge is 2.25. The number of piperidine rings is 1. The minimum atomic E-state index is 0.221. The van der Waals surface area contributed by atoms with E-state index in [-0.39, 0.29) is 18.1 Å². The number of nitrogens with zero attached hydrogens (tertiary/aromatic N) is 1. The molecule has 2 heterocycles. The molecular formula is C22H27NO3. The third-order valence-electron chi connectivity index (χ3n) is 5.56. The second-order valence-corrected chi connectivity index (χ2v) is 7.36. The topological polar surface area (TPSA) is 38.8 Å². The van der Waals surface area contributed by atoms with Gasteiger partial charge in [0.2, 0.25) is 5.91 Å². The van der Waals surface area contributed by atoms with Gasteiger partial charge in [-0.05, 0) is 42.0 Å². The summed E-state index contributed by atoms with van der Waals surface area (Å²) in [6.07, 6.45) is 5.13. The molecule has 0 aromatic heterocycles. The first-order valence-electron chi connectivity index (χ1n) is 9.77. The number of hydrogen-bond donors (Lipinski definition) is 0. The predicted octanol–water partition coefficient (Wildman–Crippen LogP) is 3.57. The Bertz CT molecular complexity index is 741. The molecule has 0 spiro atoms. The van der Waals surface area contributed by atoms with Gasteiger partial charge >= 0.3 is 0 Å². The van der Waals surface area contributed by atoms with E-state index in [9.17, 15) is 4.79 Å². The van der Waals surface area contributed by atoms with Gasteiger partial charge in [-0.2, -0.15) is 0 Å². The van der Waals surface area contributed by atoms with E-state index in [2.05, 4.69) is 24.3 Å². The molecule has 2 fully saturated rings. The van der Waals surface area contributed by atoms with Gasteiger partial charge < -0.3 is 14.4 Å². The summed E-state index contributed by atoms with van der Waals surface area (Å²) in [6.45, 7) is 3.16. The van der Waals surface area contributed by atoms with Gasteiger partial charge in [0.05, 0.1) is 25.2 Å². The maximum atomic E-state index is 12.7. The number of carbonyl (C=O) groups is 1. The Morgan fingerprint density at radius 2 is 1.88 bits per heavy atom. The van der Waals surface area contributed by atoms with Crippen LogP contribution < -0.4 is 0 Å². The third kappa shape index (κ3) is 4.08. The summed E-state index contributed by atoms with van der Waals surface area (Å²) in [5.41, 5.74) is 1.12. The molecule has 4 nitrogen and oxygen atoms in total. The molecule has 138 valence electrons. The maximum absolute atomic E-state index is 12.7. The molecule has 2 aliphatic heterocycles. The number of fused-ring (bicyclic) bond motifs is 1. The molecule has 0 aliphatic carbocycles. The fraction of sp³-hybridized carbons (Fsp3) is 0.500. The number of rotatable bonds is 5. The van der Waals surface area contributed by atoms with Gasteiger partial charge in [-0.3, -0.25) is 4.79 Å². The molecule has 0 N–H and O–H groups in total. The van der Waals surface area contributed by atoms with Crippen molar-refractivity contribution in [2.75, 3.05) is 26.3 Å². The molecule has 0 bridgehead atoms. The zero-order valence-corrected chi connectivity index (χ0v) is 15.2. The van der Waals surface area contributed by atoms with E-state index in [1.54, 1.807) is 0 Å². The van der Waals surface area contributed by atoms with Crippen molar-refractivity contribution in [1.82, 2.24) is 4.90 Å². The lowest BCUT2D eigenvalue weighted by Crippen LogP contribution is -2.42. The van der Waals surface area contributed by atoms with Gasteiger partial charge in [0, 0.05) is 19.7 Å². The number of hydrogen-bond acceptors (Lipinski definition) is 3. The van der Waals surface area contributed by atoms with Crippen LogP contribution in [0.2, 0.25) is 0 Å². The Kier molecular flexibility index (Phi) is 5.51. The van der Waals surface area contributed by atoms with Crippen LogP contribution in [-0.4, -0.2) is 49.3 Å². The van der Waals surface area contributed by atoms with Crippen LogP contribution >= 0.6 is 0 Å². The largest absolute Gasteiger partial charge is 0.376 e. The second-order valence-electron chi connectivity index (χ2n) is 7.36. The van der Waals surface area contributed by atoms with E-state index in [1.807, 2.05) is 23.1 Å². The van der Waals surface area contributed by atoms with Crippen molar-refractivity contribution in [3.05, 3.63) is 48.0 Å². The lowest BCUT2D eigenvalue weighted by atomic mass is 10.0. The number of carbonyl (C=O) groups excluding carboxylic acids is 1. The molecule has 0 radical (unpaired) electrons. The van der Waals surface area contributed by atoms with E-state index in [4.69, 9.17) is 9.47 Å². The van der Waals surface area contributed by atoms with Crippen molar-refractivity contribution in [2.45, 2.75) is 44.3 Å². The minimum Gasteiger partial charge on any atom is -0.376 e. The SMILES string of the molecule is O=C(Cc1cccc2ccccc12)N1CCC(OCC2CCCO2)CC1. The lowest BCUT2D eigenvalue weighted by Gasteiger charge is -2.32. The van der Waals surface area contributed by atoms with Crippen molar-refractivity contribution in [3.8, 4) is 0 Å². The van der Waals surface area contributed by atoms with Crippen LogP contribution in [0.5, 0.6) is 0 Å². The molecule has 2 saturated heterocycles. The van der Waals surface area contributed by atoms with Crippen LogP contribution in [0.3, 0.4) is 0 Å². The van der Waals surface area contributed by atoms with Crippen molar-refractivity contribution >= 4 is 16.7 Å². The Morgan fingerprint density at radius 1 is 1.08 bits per heavy atom. The number of ether oxygens (including phenoxy) is 2. The average molecular weight is 353 g/mol. The van der Waals surface area contributed by atoms with E-state index in [0.717, 1.165) is 50.9 Å². The monoisotopic (exact) mass is 353 g/mol. The summed E-state index contributed by atoms with van der Waals surface area (Å²) in [4.78, 5) is 14.7. The summed E-state index contributed by atoms with van der Waals surface area (Å²) >= 11 is 0. The van der Waals surface area contributed by atoms with Crippen molar-refractivity contribution in [3.63, 3.8) is 0 Å². The molecule has 4 heteroatoms. The smallest absolute Gasteiger partial charge is 0.227 e. The fourth-order valence-corrected chi connectivity index (χ4v) is 4.01. The fourth-order valence-electron chi connectivity index (χ4n) is 4.01. The summed E-state index contributed by atoms with van der Waals surface area (Å²) in [5, 5.41) is 2.37. The van der Waals surface area contributed by atoms with Crippen molar-refractivity contribution in [1.29, 1.82) is 0 Å². The summed E-state index contributed by atoms with van der Waals surface area (Å²) < 4.78 is 11.6. The van der Waals surface area contributed by atoms with Crippen LogP contribution in [0.4, 0.5) is 0 Å².